The van der Waals surface area contributed by atoms with Gasteiger partial charge in [-0.15, -0.1) is 0 Å². The molecule has 1 amide bonds. The molecule has 1 aliphatic carbocycles. The van der Waals surface area contributed by atoms with Gasteiger partial charge < -0.3 is 5.32 Å². The van der Waals surface area contributed by atoms with Crippen LogP contribution >= 0.6 is 11.3 Å². The molecule has 1 aliphatic heterocycles. The third-order valence-corrected chi connectivity index (χ3v) is 5.85. The van der Waals surface area contributed by atoms with Crippen LogP contribution in [-0.4, -0.2) is 47.9 Å². The van der Waals surface area contributed by atoms with Crippen LogP contribution in [-0.2, 0) is 11.3 Å². The summed E-state index contributed by atoms with van der Waals surface area (Å²) in [5.41, 5.74) is 2.22. The Balaban J connectivity index is 1.43. The standard InChI is InChI=1S/C20H24FN3OS/c21-17-3-1-16(2-4-17)19(20(25)22-18-5-6-18)24-10-8-23(9-11-24)13-15-7-12-26-14-15/h1-4,7,12,14,18-19H,5-6,8-11,13H2,(H,22,25)/t19-/m0/s1. The summed E-state index contributed by atoms with van der Waals surface area (Å²) in [5, 5.41) is 7.43. The van der Waals surface area contributed by atoms with E-state index in [2.05, 4.69) is 31.9 Å². The van der Waals surface area contributed by atoms with Crippen LogP contribution in [0, 0.1) is 5.82 Å². The number of hydrogen-bond acceptors (Lipinski definition) is 4. The van der Waals surface area contributed by atoms with Gasteiger partial charge in [0, 0.05) is 38.8 Å². The number of hydrogen-bond donors (Lipinski definition) is 1. The Labute approximate surface area is 157 Å². The van der Waals surface area contributed by atoms with Gasteiger partial charge in [-0.3, -0.25) is 14.6 Å². The van der Waals surface area contributed by atoms with Crippen LogP contribution in [0.5, 0.6) is 0 Å². The summed E-state index contributed by atoms with van der Waals surface area (Å²) in [7, 11) is 0. The number of piperazine rings is 1. The summed E-state index contributed by atoms with van der Waals surface area (Å²) >= 11 is 1.73. The number of benzene rings is 1. The molecule has 1 N–H and O–H groups in total. The molecule has 1 atom stereocenters. The number of amides is 1. The van der Waals surface area contributed by atoms with E-state index in [0.29, 0.717) is 6.04 Å². The maximum absolute atomic E-state index is 13.3. The Morgan fingerprint density at radius 3 is 2.50 bits per heavy atom. The topological polar surface area (TPSA) is 35.6 Å². The van der Waals surface area contributed by atoms with Gasteiger partial charge in [0.2, 0.25) is 5.91 Å². The highest BCUT2D eigenvalue weighted by Gasteiger charge is 2.33. The number of carbonyl (C=O) groups excluding carboxylic acids is 1. The van der Waals surface area contributed by atoms with Gasteiger partial charge in [0.25, 0.3) is 0 Å². The van der Waals surface area contributed by atoms with Crippen molar-refractivity contribution >= 4 is 17.2 Å². The fourth-order valence-electron chi connectivity index (χ4n) is 3.50. The molecule has 26 heavy (non-hydrogen) atoms. The van der Waals surface area contributed by atoms with Gasteiger partial charge >= 0.3 is 0 Å². The monoisotopic (exact) mass is 373 g/mol. The fraction of sp³-hybridized carbons (Fsp3) is 0.450. The molecule has 2 fully saturated rings. The summed E-state index contributed by atoms with van der Waals surface area (Å²) in [4.78, 5) is 17.5. The van der Waals surface area contributed by atoms with Crippen molar-refractivity contribution in [2.75, 3.05) is 26.2 Å². The number of rotatable bonds is 6. The van der Waals surface area contributed by atoms with E-state index in [9.17, 15) is 9.18 Å². The lowest BCUT2D eigenvalue weighted by molar-refractivity contribution is -0.127. The van der Waals surface area contributed by atoms with Gasteiger partial charge in [0.1, 0.15) is 11.9 Å². The smallest absolute Gasteiger partial charge is 0.242 e. The molecule has 2 heterocycles. The van der Waals surface area contributed by atoms with Crippen molar-refractivity contribution < 1.29 is 9.18 Å². The van der Waals surface area contributed by atoms with Gasteiger partial charge in [0.05, 0.1) is 0 Å². The Hall–Kier alpha value is -1.76. The number of nitrogens with one attached hydrogen (secondary N) is 1. The summed E-state index contributed by atoms with van der Waals surface area (Å²) in [6.07, 6.45) is 2.13. The van der Waals surface area contributed by atoms with Crippen molar-refractivity contribution in [3.05, 3.63) is 58.0 Å². The van der Waals surface area contributed by atoms with Crippen molar-refractivity contribution in [2.24, 2.45) is 0 Å². The molecule has 2 aromatic rings. The molecule has 1 aromatic carbocycles. The third-order valence-electron chi connectivity index (χ3n) is 5.12. The second kappa shape index (κ2) is 7.86. The highest BCUT2D eigenvalue weighted by Crippen LogP contribution is 2.26. The van der Waals surface area contributed by atoms with Crippen LogP contribution in [0.25, 0.3) is 0 Å². The molecule has 0 radical (unpaired) electrons. The molecule has 4 rings (SSSR count). The Bertz CT molecular complexity index is 722. The maximum Gasteiger partial charge on any atom is 0.242 e. The van der Waals surface area contributed by atoms with E-state index in [1.807, 2.05) is 0 Å². The van der Waals surface area contributed by atoms with E-state index in [-0.39, 0.29) is 17.8 Å². The quantitative estimate of drug-likeness (QED) is 0.845. The van der Waals surface area contributed by atoms with Crippen molar-refractivity contribution in [1.29, 1.82) is 0 Å². The molecule has 1 saturated carbocycles. The number of carbonyl (C=O) groups is 1. The number of halogens is 1. The Kier molecular flexibility index (Phi) is 5.33. The molecule has 1 aromatic heterocycles. The first kappa shape index (κ1) is 17.6. The van der Waals surface area contributed by atoms with Gasteiger partial charge in [-0.25, -0.2) is 4.39 Å². The normalized spacial score (nSPS) is 20.0. The van der Waals surface area contributed by atoms with Crippen LogP contribution in [0.1, 0.15) is 30.0 Å². The van der Waals surface area contributed by atoms with Crippen LogP contribution < -0.4 is 5.32 Å². The zero-order valence-electron chi connectivity index (χ0n) is 14.7. The summed E-state index contributed by atoms with van der Waals surface area (Å²) < 4.78 is 13.3. The van der Waals surface area contributed by atoms with Crippen molar-refractivity contribution in [3.8, 4) is 0 Å². The lowest BCUT2D eigenvalue weighted by Crippen LogP contribution is -2.50. The van der Waals surface area contributed by atoms with Crippen molar-refractivity contribution in [3.63, 3.8) is 0 Å². The minimum Gasteiger partial charge on any atom is -0.352 e. The zero-order valence-corrected chi connectivity index (χ0v) is 15.6. The van der Waals surface area contributed by atoms with E-state index in [4.69, 9.17) is 0 Å². The molecule has 1 saturated heterocycles. The van der Waals surface area contributed by atoms with E-state index in [1.165, 1.54) is 17.7 Å². The molecule has 0 spiro atoms. The Morgan fingerprint density at radius 1 is 1.15 bits per heavy atom. The minimum absolute atomic E-state index is 0.0467. The first-order chi connectivity index (χ1) is 12.7. The van der Waals surface area contributed by atoms with Crippen molar-refractivity contribution in [2.45, 2.75) is 31.5 Å². The van der Waals surface area contributed by atoms with Crippen LogP contribution in [0.2, 0.25) is 0 Å². The second-order valence-corrected chi connectivity index (χ2v) is 7.96. The van der Waals surface area contributed by atoms with E-state index in [0.717, 1.165) is 51.1 Å². The lowest BCUT2D eigenvalue weighted by atomic mass is 10.0. The molecule has 6 heteroatoms. The molecule has 4 nitrogen and oxygen atoms in total. The predicted molar refractivity (Wildman–Crippen MR) is 101 cm³/mol. The van der Waals surface area contributed by atoms with Gasteiger partial charge in [0.15, 0.2) is 0 Å². The maximum atomic E-state index is 13.3. The van der Waals surface area contributed by atoms with Gasteiger partial charge in [-0.1, -0.05) is 12.1 Å². The van der Waals surface area contributed by atoms with E-state index < -0.39 is 0 Å². The van der Waals surface area contributed by atoms with Crippen molar-refractivity contribution in [1.82, 2.24) is 15.1 Å². The largest absolute Gasteiger partial charge is 0.352 e. The Morgan fingerprint density at radius 2 is 1.88 bits per heavy atom. The number of thiophene rings is 1. The van der Waals surface area contributed by atoms with E-state index in [1.54, 1.807) is 23.5 Å². The van der Waals surface area contributed by atoms with Gasteiger partial charge in [-0.2, -0.15) is 11.3 Å². The SMILES string of the molecule is O=C(NC1CC1)[C@H](c1ccc(F)cc1)N1CCN(Cc2ccsc2)CC1. The second-order valence-electron chi connectivity index (χ2n) is 7.18. The summed E-state index contributed by atoms with van der Waals surface area (Å²) in [6, 6.07) is 8.53. The highest BCUT2D eigenvalue weighted by molar-refractivity contribution is 7.07. The lowest BCUT2D eigenvalue weighted by Gasteiger charge is -2.38. The average molecular weight is 373 g/mol. The summed E-state index contributed by atoms with van der Waals surface area (Å²) in [5.74, 6) is -0.221. The first-order valence-corrected chi connectivity index (χ1v) is 10.2. The molecule has 0 unspecified atom stereocenters. The average Bonchev–Trinajstić information content (AvgIpc) is 3.31. The van der Waals surface area contributed by atoms with E-state index >= 15 is 0 Å². The molecule has 138 valence electrons. The highest BCUT2D eigenvalue weighted by atomic mass is 32.1. The molecular weight excluding hydrogens is 349 g/mol. The fourth-order valence-corrected chi connectivity index (χ4v) is 4.16. The number of nitrogens with zero attached hydrogens (tertiary/aromatic N) is 2. The summed E-state index contributed by atoms with van der Waals surface area (Å²) in [6.45, 7) is 4.51. The predicted octanol–water partition coefficient (Wildman–Crippen LogP) is 3.02. The zero-order chi connectivity index (χ0) is 17.9. The first-order valence-electron chi connectivity index (χ1n) is 9.22. The van der Waals surface area contributed by atoms with Crippen LogP contribution in [0.15, 0.2) is 41.1 Å². The molecular formula is C20H24FN3OS. The van der Waals surface area contributed by atoms with Crippen LogP contribution in [0.3, 0.4) is 0 Å². The van der Waals surface area contributed by atoms with Gasteiger partial charge in [-0.05, 0) is 52.9 Å². The third kappa shape index (κ3) is 4.31. The minimum atomic E-state index is -0.334. The molecule has 0 bridgehead atoms. The van der Waals surface area contributed by atoms with Crippen LogP contribution in [0.4, 0.5) is 4.39 Å². The molecule has 2 aliphatic rings.